The fourth-order valence-corrected chi connectivity index (χ4v) is 5.99. The van der Waals surface area contributed by atoms with Gasteiger partial charge in [0.15, 0.2) is 0 Å². The van der Waals surface area contributed by atoms with Crippen molar-refractivity contribution in [1.29, 1.82) is 0 Å². The molecule has 3 N–H and O–H groups in total. The van der Waals surface area contributed by atoms with E-state index in [-0.39, 0.29) is 30.2 Å². The number of rotatable bonds is 7. The van der Waals surface area contributed by atoms with Crippen LogP contribution in [0, 0.1) is 23.6 Å². The van der Waals surface area contributed by atoms with E-state index in [0.29, 0.717) is 12.1 Å². The molecule has 204 valence electrons. The summed E-state index contributed by atoms with van der Waals surface area (Å²) in [6, 6.07) is 0.250. The topological polar surface area (TPSA) is 81.4 Å². The lowest BCUT2D eigenvalue weighted by Crippen LogP contribution is -2.48. The average Bonchev–Trinajstić information content (AvgIpc) is 2.84. The van der Waals surface area contributed by atoms with E-state index < -0.39 is 52.6 Å². The summed E-state index contributed by atoms with van der Waals surface area (Å²) in [6.07, 6.45) is 5.66. The first-order chi connectivity index (χ1) is 16.5. The number of esters is 1. The maximum Gasteiger partial charge on any atom is 0.416 e. The molecule has 36 heavy (non-hydrogen) atoms. The smallest absolute Gasteiger partial charge is 0.416 e. The Morgan fingerprint density at radius 2 is 1.50 bits per heavy atom. The van der Waals surface area contributed by atoms with Crippen LogP contribution in [0.15, 0.2) is 12.1 Å². The van der Waals surface area contributed by atoms with Crippen molar-refractivity contribution in [3.05, 3.63) is 29.1 Å². The first-order valence-electron chi connectivity index (χ1n) is 12.6. The van der Waals surface area contributed by atoms with Crippen LogP contribution in [0.4, 0.5) is 23.2 Å². The fourth-order valence-electron chi connectivity index (χ4n) is 5.99. The molecule has 5 nitrogen and oxygen atoms in total. The summed E-state index contributed by atoms with van der Waals surface area (Å²) in [5.41, 5.74) is 4.12. The number of carbonyl (C=O) groups is 2. The van der Waals surface area contributed by atoms with E-state index >= 15 is 0 Å². The van der Waals surface area contributed by atoms with E-state index in [1.165, 1.54) is 6.92 Å². The fraction of sp³-hybridized carbons (Fsp3) is 0.692. The summed E-state index contributed by atoms with van der Waals surface area (Å²) >= 11 is 0. The Labute approximate surface area is 216 Å². The summed E-state index contributed by atoms with van der Waals surface area (Å²) in [4.78, 5) is 25.0. The van der Waals surface area contributed by atoms with E-state index in [9.17, 15) is 27.2 Å². The Morgan fingerprint density at radius 3 is 1.94 bits per heavy atom. The third-order valence-corrected chi connectivity index (χ3v) is 7.83. The molecule has 1 aromatic carbocycles. The molecule has 2 fully saturated rings. The quantitative estimate of drug-likeness (QED) is 0.304. The number of methoxy groups -OCH3 is 1. The largest absolute Gasteiger partial charge is 0.469 e. The van der Waals surface area contributed by atoms with Crippen molar-refractivity contribution in [2.45, 2.75) is 89.3 Å². The molecule has 2 aliphatic carbocycles. The zero-order valence-electron chi connectivity index (χ0n) is 20.8. The van der Waals surface area contributed by atoms with Crippen LogP contribution in [0.5, 0.6) is 0 Å². The van der Waals surface area contributed by atoms with Crippen molar-refractivity contribution in [3.8, 4) is 0 Å². The molecule has 0 spiro atoms. The van der Waals surface area contributed by atoms with Crippen LogP contribution in [0.3, 0.4) is 0 Å². The first-order valence-corrected chi connectivity index (χ1v) is 12.6. The van der Waals surface area contributed by atoms with Gasteiger partial charge in [-0.3, -0.25) is 9.59 Å². The Hall–Kier alpha value is -1.87. The number of halogens is 5. The zero-order chi connectivity index (χ0) is 25.8. The molecule has 2 saturated carbocycles. The normalized spacial score (nSPS) is 19.3. The van der Waals surface area contributed by atoms with E-state index in [0.717, 1.165) is 71.3 Å². The van der Waals surface area contributed by atoms with E-state index in [1.54, 1.807) is 0 Å². The van der Waals surface area contributed by atoms with Gasteiger partial charge in [-0.05, 0) is 42.4 Å². The summed E-state index contributed by atoms with van der Waals surface area (Å²) < 4.78 is 60.8. The number of alkyl halides is 3. The van der Waals surface area contributed by atoms with Crippen LogP contribution >= 0.6 is 12.4 Å². The van der Waals surface area contributed by atoms with Gasteiger partial charge in [-0.2, -0.15) is 13.2 Å². The van der Waals surface area contributed by atoms with Crippen molar-refractivity contribution in [1.82, 2.24) is 0 Å². The second-order valence-electron chi connectivity index (χ2n) is 10.1. The van der Waals surface area contributed by atoms with Crippen LogP contribution < -0.4 is 11.1 Å². The van der Waals surface area contributed by atoms with Crippen molar-refractivity contribution < 1.29 is 31.9 Å². The zero-order valence-corrected chi connectivity index (χ0v) is 21.7. The minimum atomic E-state index is -4.86. The molecule has 1 amide bonds. The highest BCUT2D eigenvalue weighted by Crippen LogP contribution is 2.42. The first kappa shape index (κ1) is 30.4. The van der Waals surface area contributed by atoms with Crippen molar-refractivity contribution in [2.75, 3.05) is 12.4 Å². The van der Waals surface area contributed by atoms with Gasteiger partial charge in [-0.15, -0.1) is 12.4 Å². The van der Waals surface area contributed by atoms with E-state index in [2.05, 4.69) is 10.1 Å². The minimum absolute atomic E-state index is 0. The summed E-state index contributed by atoms with van der Waals surface area (Å²) in [6.45, 7) is 1.21. The van der Waals surface area contributed by atoms with Crippen molar-refractivity contribution in [2.24, 2.45) is 23.5 Å². The minimum Gasteiger partial charge on any atom is -0.469 e. The predicted octanol–water partition coefficient (Wildman–Crippen LogP) is 6.59. The van der Waals surface area contributed by atoms with Crippen LogP contribution in [-0.4, -0.2) is 25.0 Å². The van der Waals surface area contributed by atoms with Gasteiger partial charge in [-0.1, -0.05) is 64.2 Å². The number of nitrogens with one attached hydrogen (secondary N) is 1. The molecule has 0 heterocycles. The van der Waals surface area contributed by atoms with Gasteiger partial charge in [0, 0.05) is 0 Å². The van der Waals surface area contributed by atoms with Crippen LogP contribution in [0.2, 0.25) is 0 Å². The Bertz CT molecular complexity index is 882. The molecule has 0 saturated heterocycles. The SMILES string of the molecule is COC(=O)C(C)c1cc(F)c(NC(=O)[C@@H](N)C(C2CCCCC2)C2CCCCC2)cc1C(F)(F)F.Cl. The monoisotopic (exact) mass is 536 g/mol. The molecule has 3 rings (SSSR count). The summed E-state index contributed by atoms with van der Waals surface area (Å²) in [5.74, 6) is -3.50. The highest BCUT2D eigenvalue weighted by atomic mass is 35.5. The highest BCUT2D eigenvalue weighted by Gasteiger charge is 2.40. The van der Waals surface area contributed by atoms with Crippen molar-refractivity contribution >= 4 is 30.0 Å². The van der Waals surface area contributed by atoms with Gasteiger partial charge in [0.1, 0.15) is 5.82 Å². The highest BCUT2D eigenvalue weighted by molar-refractivity contribution is 5.95. The number of carbonyl (C=O) groups excluding carboxylic acids is 2. The molecule has 0 radical (unpaired) electrons. The molecule has 1 unspecified atom stereocenters. The second-order valence-corrected chi connectivity index (χ2v) is 10.1. The average molecular weight is 537 g/mol. The van der Waals surface area contributed by atoms with Gasteiger partial charge in [0.25, 0.3) is 0 Å². The molecular weight excluding hydrogens is 500 g/mol. The summed E-state index contributed by atoms with van der Waals surface area (Å²) in [7, 11) is 1.05. The van der Waals surface area contributed by atoms with Gasteiger partial charge in [0.05, 0.1) is 30.3 Å². The number of anilines is 1. The van der Waals surface area contributed by atoms with Crippen LogP contribution in [-0.2, 0) is 20.5 Å². The third kappa shape index (κ3) is 7.12. The second kappa shape index (κ2) is 13.1. The number of amides is 1. The third-order valence-electron chi connectivity index (χ3n) is 7.83. The molecule has 1 aromatic rings. The van der Waals surface area contributed by atoms with Gasteiger partial charge in [-0.25, -0.2) is 4.39 Å². The molecule has 2 atom stereocenters. The number of benzene rings is 1. The maximum atomic E-state index is 14.9. The van der Waals surface area contributed by atoms with Crippen LogP contribution in [0.25, 0.3) is 0 Å². The Balaban J connectivity index is 0.00000456. The summed E-state index contributed by atoms with van der Waals surface area (Å²) in [5, 5.41) is 2.34. The van der Waals surface area contributed by atoms with E-state index in [4.69, 9.17) is 5.73 Å². The predicted molar refractivity (Wildman–Crippen MR) is 132 cm³/mol. The molecule has 0 aromatic heterocycles. The molecular formula is C26H37ClF4N2O3. The van der Waals surface area contributed by atoms with Gasteiger partial charge < -0.3 is 15.8 Å². The van der Waals surface area contributed by atoms with Crippen LogP contribution in [0.1, 0.15) is 88.2 Å². The van der Waals surface area contributed by atoms with Gasteiger partial charge >= 0.3 is 12.1 Å². The Morgan fingerprint density at radius 1 is 1.00 bits per heavy atom. The number of hydrogen-bond acceptors (Lipinski definition) is 4. The number of hydrogen-bond donors (Lipinski definition) is 2. The standard InChI is InChI=1S/C26H36F4N2O3.ClH/c1-15(25(34)35-2)18-13-20(27)21(14-19(18)26(28,29)30)32-24(33)23(31)22(16-9-5-3-6-10-16)17-11-7-4-8-12-17;/h13-17,22-23H,3-12,31H2,1-2H3,(H,32,33);1H/t15?,23-;/m0./s1. The molecule has 10 heteroatoms. The maximum absolute atomic E-state index is 14.9. The van der Waals surface area contributed by atoms with Crippen molar-refractivity contribution in [3.63, 3.8) is 0 Å². The number of ether oxygens (including phenoxy) is 1. The lowest BCUT2D eigenvalue weighted by atomic mass is 9.66. The molecule has 0 aliphatic heterocycles. The molecule has 0 bridgehead atoms. The number of nitrogens with two attached hydrogens (primary N) is 1. The Kier molecular flexibility index (Phi) is 11.0. The van der Waals surface area contributed by atoms with E-state index in [1.807, 2.05) is 0 Å². The van der Waals surface area contributed by atoms with Gasteiger partial charge in [0.2, 0.25) is 5.91 Å². The molecule has 2 aliphatic rings. The lowest BCUT2D eigenvalue weighted by molar-refractivity contribution is -0.143. The lowest BCUT2D eigenvalue weighted by Gasteiger charge is -2.40.